The van der Waals surface area contributed by atoms with Crippen LogP contribution < -0.4 is 4.74 Å². The van der Waals surface area contributed by atoms with E-state index >= 15 is 0 Å². The second-order valence-electron chi connectivity index (χ2n) is 5.20. The molecule has 0 radical (unpaired) electrons. The van der Waals surface area contributed by atoms with Gasteiger partial charge in [-0.1, -0.05) is 23.7 Å². The highest BCUT2D eigenvalue weighted by Crippen LogP contribution is 2.26. The van der Waals surface area contributed by atoms with Gasteiger partial charge in [-0.3, -0.25) is 0 Å². The molecule has 1 aromatic carbocycles. The predicted molar refractivity (Wildman–Crippen MR) is 71.5 cm³/mol. The Morgan fingerprint density at radius 1 is 1.29 bits per heavy atom. The maximum Gasteiger partial charge on any atom is 0.220 e. The Bertz CT molecular complexity index is 501. The normalized spacial score (nSPS) is 13.9. The smallest absolute Gasteiger partial charge is 0.220 e. The van der Waals surface area contributed by atoms with Crippen molar-refractivity contribution in [1.82, 2.24) is 4.98 Å². The van der Waals surface area contributed by atoms with E-state index in [1.165, 1.54) is 0 Å². The number of nitrogens with zero attached hydrogens (tertiary/aromatic N) is 1. The van der Waals surface area contributed by atoms with Crippen LogP contribution in [0.15, 0.2) is 30.5 Å². The first-order chi connectivity index (χ1) is 7.96. The number of para-hydroxylation sites is 1. The lowest BCUT2D eigenvalue weighted by Crippen LogP contribution is -2.41. The number of aromatic nitrogens is 1. The van der Waals surface area contributed by atoms with Crippen LogP contribution in [0.25, 0.3) is 10.9 Å². The molecule has 0 saturated heterocycles. The van der Waals surface area contributed by atoms with Crippen molar-refractivity contribution >= 4 is 22.5 Å². The van der Waals surface area contributed by atoms with Crippen molar-refractivity contribution in [3.8, 4) is 5.75 Å². The summed E-state index contributed by atoms with van der Waals surface area (Å²) in [6.07, 6.45) is 1.86. The molecule has 0 aliphatic heterocycles. The highest BCUT2D eigenvalue weighted by molar-refractivity contribution is 6.20. The molecule has 2 rings (SSSR count). The van der Waals surface area contributed by atoms with Crippen LogP contribution in [0.4, 0.5) is 0 Å². The second-order valence-corrected chi connectivity index (χ2v) is 5.69. The number of nitrogens with one attached hydrogen (secondary N) is 1. The van der Waals surface area contributed by atoms with Gasteiger partial charge in [-0.25, -0.2) is 0 Å². The van der Waals surface area contributed by atoms with E-state index in [1.807, 2.05) is 30.5 Å². The lowest BCUT2D eigenvalue weighted by atomic mass is 10.2. The van der Waals surface area contributed by atoms with Crippen LogP contribution in [0, 0.1) is 0 Å². The van der Waals surface area contributed by atoms with Gasteiger partial charge in [0.05, 0.1) is 21.1 Å². The highest BCUT2D eigenvalue weighted by atomic mass is 35.5. The number of halogens is 1. The lowest BCUT2D eigenvalue weighted by Gasteiger charge is -2.26. The molecule has 1 atom stereocenters. The van der Waals surface area contributed by atoms with Crippen LogP contribution in [-0.2, 0) is 0 Å². The van der Waals surface area contributed by atoms with Crippen LogP contribution in [0.2, 0.25) is 0 Å². The minimum absolute atomic E-state index is 0.325. The first-order valence-electron chi connectivity index (χ1n) is 5.63. The molecule has 3 nitrogen and oxygen atoms in total. The van der Waals surface area contributed by atoms with Crippen LogP contribution in [0.5, 0.6) is 5.75 Å². The number of ether oxygens (including phenoxy) is 1. The number of likely N-dealkylation sites (N-methyl/N-ethyl adjacent to an activating group) is 1. The van der Waals surface area contributed by atoms with Crippen molar-refractivity contribution in [2.24, 2.45) is 0 Å². The molecule has 0 bridgehead atoms. The molecule has 0 aliphatic rings. The number of hydrogen-bond acceptors (Lipinski definition) is 1. The fourth-order valence-corrected chi connectivity index (χ4v) is 2.26. The quantitative estimate of drug-likeness (QED) is 0.658. The molecule has 0 saturated carbocycles. The molecule has 0 fully saturated rings. The molecule has 0 amide bonds. The number of H-pyrrole nitrogens is 1. The van der Waals surface area contributed by atoms with Crippen LogP contribution >= 0.6 is 11.6 Å². The van der Waals surface area contributed by atoms with Crippen molar-refractivity contribution in [2.45, 2.75) is 5.56 Å². The standard InChI is InChI=1S/C13H18ClN2O/c1-16(2,3)9-13(14)17-12-8-15-11-7-5-4-6-10(11)12/h4-8,13,15H,9H2,1-3H3/q+1. The summed E-state index contributed by atoms with van der Waals surface area (Å²) >= 11 is 6.21. The summed E-state index contributed by atoms with van der Waals surface area (Å²) in [5.41, 5.74) is 0.742. The first-order valence-corrected chi connectivity index (χ1v) is 6.07. The molecule has 0 aliphatic carbocycles. The molecule has 2 aromatic rings. The molecule has 1 unspecified atom stereocenters. The number of benzene rings is 1. The Morgan fingerprint density at radius 3 is 2.71 bits per heavy atom. The Morgan fingerprint density at radius 2 is 2.00 bits per heavy atom. The molecule has 1 heterocycles. The van der Waals surface area contributed by atoms with Gasteiger partial charge in [0.15, 0.2) is 0 Å². The molecule has 1 aromatic heterocycles. The van der Waals surface area contributed by atoms with Gasteiger partial charge in [0.2, 0.25) is 5.56 Å². The largest absolute Gasteiger partial charge is 0.466 e. The second kappa shape index (κ2) is 4.59. The van der Waals surface area contributed by atoms with Gasteiger partial charge in [-0.15, -0.1) is 0 Å². The third-order valence-corrected chi connectivity index (χ3v) is 2.72. The molecule has 4 heteroatoms. The van der Waals surface area contributed by atoms with Gasteiger partial charge in [0, 0.05) is 17.1 Å². The zero-order chi connectivity index (χ0) is 12.5. The van der Waals surface area contributed by atoms with E-state index < -0.39 is 0 Å². The van der Waals surface area contributed by atoms with Crippen molar-refractivity contribution in [1.29, 1.82) is 0 Å². The zero-order valence-electron chi connectivity index (χ0n) is 10.4. The van der Waals surface area contributed by atoms with Crippen LogP contribution in [0.1, 0.15) is 0 Å². The fraction of sp³-hybridized carbons (Fsp3) is 0.385. The van der Waals surface area contributed by atoms with E-state index in [0.29, 0.717) is 0 Å². The molecule has 17 heavy (non-hydrogen) atoms. The summed E-state index contributed by atoms with van der Waals surface area (Å²) in [6, 6.07) is 8.03. The predicted octanol–water partition coefficient (Wildman–Crippen LogP) is 2.82. The summed E-state index contributed by atoms with van der Waals surface area (Å²) < 4.78 is 6.54. The van der Waals surface area contributed by atoms with E-state index in [1.54, 1.807) is 0 Å². The SMILES string of the molecule is C[N+](C)(C)CC(Cl)Oc1c[nH]c2ccccc12. The minimum atomic E-state index is -0.325. The van der Waals surface area contributed by atoms with E-state index in [9.17, 15) is 0 Å². The Hall–Kier alpha value is -1.19. The maximum atomic E-state index is 6.21. The average molecular weight is 254 g/mol. The number of fused-ring (bicyclic) bond motifs is 1. The number of quaternary nitrogens is 1. The summed E-state index contributed by atoms with van der Waals surface area (Å²) in [7, 11) is 6.27. The average Bonchev–Trinajstić information content (AvgIpc) is 2.59. The minimum Gasteiger partial charge on any atom is -0.466 e. The van der Waals surface area contributed by atoms with Gasteiger partial charge in [0.25, 0.3) is 0 Å². The van der Waals surface area contributed by atoms with Gasteiger partial charge in [-0.05, 0) is 12.1 Å². The Labute approximate surface area is 107 Å². The monoisotopic (exact) mass is 253 g/mol. The molecular weight excluding hydrogens is 236 g/mol. The Balaban J connectivity index is 2.13. The van der Waals surface area contributed by atoms with Crippen LogP contribution in [-0.4, -0.2) is 42.7 Å². The van der Waals surface area contributed by atoms with Crippen molar-refractivity contribution < 1.29 is 9.22 Å². The molecular formula is C13H18ClN2O+. The zero-order valence-corrected chi connectivity index (χ0v) is 11.2. The third kappa shape index (κ3) is 3.14. The van der Waals surface area contributed by atoms with E-state index in [4.69, 9.17) is 16.3 Å². The van der Waals surface area contributed by atoms with Gasteiger partial charge < -0.3 is 14.2 Å². The summed E-state index contributed by atoms with van der Waals surface area (Å²) in [5, 5.41) is 1.07. The number of alkyl halides is 1. The number of rotatable bonds is 4. The van der Waals surface area contributed by atoms with Crippen LogP contribution in [0.3, 0.4) is 0 Å². The molecule has 0 spiro atoms. The van der Waals surface area contributed by atoms with E-state index in [0.717, 1.165) is 27.7 Å². The van der Waals surface area contributed by atoms with Crippen molar-refractivity contribution in [3.63, 3.8) is 0 Å². The fourth-order valence-electron chi connectivity index (χ4n) is 1.75. The van der Waals surface area contributed by atoms with E-state index in [-0.39, 0.29) is 5.56 Å². The maximum absolute atomic E-state index is 6.21. The number of aromatic amines is 1. The summed E-state index contributed by atoms with van der Waals surface area (Å²) in [6.45, 7) is 0.751. The number of hydrogen-bond donors (Lipinski definition) is 1. The van der Waals surface area contributed by atoms with Gasteiger partial charge >= 0.3 is 0 Å². The van der Waals surface area contributed by atoms with Gasteiger partial charge in [-0.2, -0.15) is 0 Å². The van der Waals surface area contributed by atoms with E-state index in [2.05, 4.69) is 26.1 Å². The summed E-state index contributed by atoms with van der Waals surface area (Å²) in [4.78, 5) is 3.17. The molecule has 92 valence electrons. The lowest BCUT2D eigenvalue weighted by molar-refractivity contribution is -0.871. The third-order valence-electron chi connectivity index (χ3n) is 2.50. The topological polar surface area (TPSA) is 25.0 Å². The molecule has 1 N–H and O–H groups in total. The summed E-state index contributed by atoms with van der Waals surface area (Å²) in [5.74, 6) is 0.814. The van der Waals surface area contributed by atoms with Gasteiger partial charge in [0.1, 0.15) is 12.3 Å². The van der Waals surface area contributed by atoms with Crippen molar-refractivity contribution in [3.05, 3.63) is 30.5 Å². The first kappa shape index (κ1) is 12.3. The Kier molecular flexibility index (Phi) is 3.31. The highest BCUT2D eigenvalue weighted by Gasteiger charge is 2.18. The van der Waals surface area contributed by atoms with Crippen molar-refractivity contribution in [2.75, 3.05) is 27.7 Å².